The number of fused-ring (bicyclic) bond motifs is 12. The number of phenolic OH excluding ortho intramolecular Hbond substituents is 18. The van der Waals surface area contributed by atoms with Gasteiger partial charge in [-0.15, -0.1) is 0 Å². The third-order valence-electron chi connectivity index (χ3n) is 23.3. The van der Waals surface area contributed by atoms with E-state index in [1.807, 2.05) is 103 Å². The van der Waals surface area contributed by atoms with Crippen molar-refractivity contribution in [2.24, 2.45) is 0 Å². The first-order valence-electron chi connectivity index (χ1n) is 37.3. The lowest BCUT2D eigenvalue weighted by atomic mass is 9.82. The van der Waals surface area contributed by atoms with Crippen molar-refractivity contribution in [1.29, 1.82) is 0 Å². The molecule has 2 aromatic heterocycles. The molecule has 1 aliphatic rings. The molecule has 25 nitrogen and oxygen atoms in total. The first-order valence-corrected chi connectivity index (χ1v) is 37.3. The van der Waals surface area contributed by atoms with Gasteiger partial charge in [0.25, 0.3) is 0 Å². The van der Waals surface area contributed by atoms with Crippen molar-refractivity contribution in [2.45, 2.75) is 12.2 Å². The SMILES string of the molecule is OC1=C(O)C(O)C(O)C(O)=C1c1c(O)c(O)c2c(O)c(-c3c4ccccc4c(-c4c(O)c(O)c(O)c5oc6c(O)c(-c7cccc(-c8cccc(-c9ccc%10cc(-c%11c%12ccccc%12c(-c%12c(O)c(O)c(O)c%13oc%14c(O)c(O)c(-c%15ccccc%15)c(O)c%14c%12%13)c%12ccccc%11%12)ccc%10c9)c8)c7)c(O)c(O)c6c45)c4ccccc34)c(O)c(O)c2c1O. The maximum absolute atomic E-state index is 12.6. The van der Waals surface area contributed by atoms with E-state index in [2.05, 4.69) is 6.07 Å². The van der Waals surface area contributed by atoms with E-state index >= 15 is 0 Å². The summed E-state index contributed by atoms with van der Waals surface area (Å²) in [6.45, 7) is 0. The average Bonchev–Trinajstić information content (AvgIpc) is 1.69. The number of allylic oxidation sites excluding steroid dienone is 1. The van der Waals surface area contributed by atoms with Gasteiger partial charge in [0.2, 0.25) is 28.7 Å². The van der Waals surface area contributed by atoms with E-state index in [0.717, 1.165) is 33.0 Å². The van der Waals surface area contributed by atoms with Crippen LogP contribution in [-0.4, -0.2) is 130 Å². The monoisotopic (exact) mass is 1610 g/mol. The minimum absolute atomic E-state index is 0.0212. The van der Waals surface area contributed by atoms with Gasteiger partial charge < -0.3 is 126 Å². The van der Waals surface area contributed by atoms with Gasteiger partial charge in [-0.2, -0.15) is 0 Å². The number of aliphatic hydroxyl groups excluding tert-OH is 5. The van der Waals surface area contributed by atoms with Gasteiger partial charge in [-0.25, -0.2) is 0 Å². The normalized spacial score (nSPS) is 14.0. The predicted octanol–water partition coefficient (Wildman–Crippen LogP) is 19.8. The first-order chi connectivity index (χ1) is 58.2. The van der Waals surface area contributed by atoms with Crippen LogP contribution in [0, 0.1) is 0 Å². The smallest absolute Gasteiger partial charge is 0.205 e. The molecule has 0 radical (unpaired) electrons. The largest absolute Gasteiger partial charge is 0.509 e. The van der Waals surface area contributed by atoms with Gasteiger partial charge >= 0.3 is 0 Å². The van der Waals surface area contributed by atoms with E-state index < -0.39 is 183 Å². The van der Waals surface area contributed by atoms with Crippen LogP contribution >= 0.6 is 0 Å². The Morgan fingerprint density at radius 1 is 0.182 bits per heavy atom. The quantitative estimate of drug-likeness (QED) is 0.0362. The molecule has 0 saturated carbocycles. The Bertz CT molecular complexity index is 7900. The molecule has 20 rings (SSSR count). The van der Waals surface area contributed by atoms with Gasteiger partial charge in [0.15, 0.2) is 91.3 Å². The molecule has 0 amide bonds. The summed E-state index contributed by atoms with van der Waals surface area (Å²) >= 11 is 0. The highest BCUT2D eigenvalue weighted by Gasteiger charge is 2.43. The number of furan rings is 2. The second kappa shape index (κ2) is 26.1. The van der Waals surface area contributed by atoms with Crippen molar-refractivity contribution in [3.05, 3.63) is 235 Å². The Kier molecular flexibility index (Phi) is 15.7. The van der Waals surface area contributed by atoms with Crippen molar-refractivity contribution < 1.29 is 126 Å². The molecule has 0 fully saturated rings. The number of benzene rings is 17. The molecule has 17 aromatic carbocycles. The zero-order valence-electron chi connectivity index (χ0n) is 62.0. The van der Waals surface area contributed by atoms with E-state index in [1.54, 1.807) is 54.6 Å². The summed E-state index contributed by atoms with van der Waals surface area (Å²) < 4.78 is 12.3. The second-order valence-corrected chi connectivity index (χ2v) is 29.7. The van der Waals surface area contributed by atoms with Gasteiger partial charge in [0.1, 0.15) is 35.2 Å². The lowest BCUT2D eigenvalue weighted by Crippen LogP contribution is -2.34. The standard InChI is InChI=1S/C96H60O25/c97-70-54(36-14-2-1-3-15-36)74(101)90(117)96-68(70)61-59(75(102)87(114)91(118)93(61)121-96)56-47-22-6-4-20-45(47)53(46-21-5-7-23-48(46)56)44-31-30-41-33-40(28-29-42(41)35-44)38-17-12-16-37(32-38)39-18-13-19-43(34-39)55-73(100)83(110)69-62-60(76(103)88(115)92(119)94(62)120-95(69)84(55)111)57-49-24-8-10-26-51(49)58(52-27-11-9-25-50(52)57)63-71(98)64-65(78(105)77(63)104)72(99)66(80(107)79(64)106)67-81(108)85(112)89(116)86(113)82(67)109/h1-35,85,89,97-119H. The molecule has 121 heavy (non-hydrogen) atoms. The number of hydrogen-bond donors (Lipinski definition) is 23. The van der Waals surface area contributed by atoms with E-state index in [9.17, 15) is 117 Å². The van der Waals surface area contributed by atoms with Crippen molar-refractivity contribution in [2.75, 3.05) is 0 Å². The van der Waals surface area contributed by atoms with Gasteiger partial charge in [0, 0.05) is 38.6 Å². The van der Waals surface area contributed by atoms with Crippen LogP contribution < -0.4 is 0 Å². The van der Waals surface area contributed by atoms with Gasteiger partial charge in [-0.1, -0.05) is 188 Å². The third kappa shape index (κ3) is 9.97. The van der Waals surface area contributed by atoms with E-state index in [1.165, 1.54) is 48.5 Å². The van der Waals surface area contributed by atoms with E-state index in [0.29, 0.717) is 43.8 Å². The van der Waals surface area contributed by atoms with Crippen molar-refractivity contribution in [3.8, 4) is 193 Å². The summed E-state index contributed by atoms with van der Waals surface area (Å²) in [5.74, 6) is -22.2. The lowest BCUT2D eigenvalue weighted by Gasteiger charge is -2.27. The molecule has 0 spiro atoms. The minimum Gasteiger partial charge on any atom is -0.509 e. The van der Waals surface area contributed by atoms with Crippen LogP contribution in [0.3, 0.4) is 0 Å². The molecule has 0 saturated heterocycles. The van der Waals surface area contributed by atoms with Crippen LogP contribution in [0.1, 0.15) is 5.56 Å². The summed E-state index contributed by atoms with van der Waals surface area (Å²) in [7, 11) is 0. The maximum Gasteiger partial charge on any atom is 0.205 e. The Hall–Kier alpha value is -16.9. The molecule has 23 N–H and O–H groups in total. The molecule has 25 heteroatoms. The lowest BCUT2D eigenvalue weighted by molar-refractivity contribution is 0.00941. The van der Waals surface area contributed by atoms with Crippen molar-refractivity contribution >= 4 is 114 Å². The highest BCUT2D eigenvalue weighted by Crippen LogP contribution is 2.66. The summed E-state index contributed by atoms with van der Waals surface area (Å²) in [5, 5.41) is 270. The van der Waals surface area contributed by atoms with Gasteiger partial charge in [-0.05, 0) is 123 Å². The van der Waals surface area contributed by atoms with Crippen LogP contribution in [0.4, 0.5) is 0 Å². The molecular formula is C96H60O25. The minimum atomic E-state index is -2.37. The topological polar surface area (TPSA) is 492 Å². The van der Waals surface area contributed by atoms with Gasteiger partial charge in [0.05, 0.1) is 49.4 Å². The number of hydrogen-bond acceptors (Lipinski definition) is 25. The third-order valence-corrected chi connectivity index (χ3v) is 23.3. The van der Waals surface area contributed by atoms with Crippen LogP contribution in [-0.2, 0) is 0 Å². The molecule has 0 aliphatic heterocycles. The number of rotatable bonds is 9. The molecule has 19 aromatic rings. The highest BCUT2D eigenvalue weighted by molar-refractivity contribution is 6.32. The van der Waals surface area contributed by atoms with E-state index in [4.69, 9.17) is 8.83 Å². The van der Waals surface area contributed by atoms with Crippen LogP contribution in [0.2, 0.25) is 0 Å². The number of phenols is 18. The molecule has 1 aliphatic carbocycles. The number of aromatic hydroxyl groups is 18. The Balaban J connectivity index is 0.671. The van der Waals surface area contributed by atoms with Crippen LogP contribution in [0.5, 0.6) is 103 Å². The maximum atomic E-state index is 12.6. The van der Waals surface area contributed by atoms with Crippen molar-refractivity contribution in [1.82, 2.24) is 0 Å². The summed E-state index contributed by atoms with van der Waals surface area (Å²) in [6, 6.07) is 61.5. The fourth-order valence-electron chi connectivity index (χ4n) is 17.8. The van der Waals surface area contributed by atoms with E-state index in [-0.39, 0.29) is 82.2 Å². The molecule has 594 valence electrons. The highest BCUT2D eigenvalue weighted by atomic mass is 16.4. The molecule has 2 heterocycles. The molecule has 2 unspecified atom stereocenters. The summed E-state index contributed by atoms with van der Waals surface area (Å²) in [6.07, 6.45) is -4.67. The second-order valence-electron chi connectivity index (χ2n) is 29.7. The molecule has 0 bridgehead atoms. The van der Waals surface area contributed by atoms with Gasteiger partial charge in [-0.3, -0.25) is 0 Å². The number of aliphatic hydroxyl groups is 5. The van der Waals surface area contributed by atoms with Crippen molar-refractivity contribution in [3.63, 3.8) is 0 Å². The fourth-order valence-corrected chi connectivity index (χ4v) is 17.8. The Labute approximate surface area is 676 Å². The van der Waals surface area contributed by atoms with Crippen LogP contribution in [0.25, 0.3) is 203 Å². The Morgan fingerprint density at radius 2 is 0.479 bits per heavy atom. The van der Waals surface area contributed by atoms with Crippen LogP contribution in [0.15, 0.2) is 238 Å². The fraction of sp³-hybridized carbons (Fsp3) is 0.0208. The zero-order valence-corrected chi connectivity index (χ0v) is 62.0. The molecular weight excluding hydrogens is 1550 g/mol. The average molecular weight is 1610 g/mol. The summed E-state index contributed by atoms with van der Waals surface area (Å²) in [5.41, 5.74) is -0.634. The predicted molar refractivity (Wildman–Crippen MR) is 453 cm³/mol. The summed E-state index contributed by atoms with van der Waals surface area (Å²) in [4.78, 5) is 0. The Morgan fingerprint density at radius 3 is 0.967 bits per heavy atom. The molecule has 2 atom stereocenters. The first kappa shape index (κ1) is 73.0. The zero-order chi connectivity index (χ0) is 84.4.